The van der Waals surface area contributed by atoms with Gasteiger partial charge in [-0.1, -0.05) is 24.1 Å². The quantitative estimate of drug-likeness (QED) is 0.682. The fraction of sp³-hybridized carbons (Fsp3) is 0.800. The van der Waals surface area contributed by atoms with Crippen LogP contribution in [0.4, 0.5) is 0 Å². The highest BCUT2D eigenvalue weighted by Gasteiger charge is 2.54. The third-order valence-electron chi connectivity index (χ3n) is 7.71. The van der Waals surface area contributed by atoms with Crippen molar-refractivity contribution in [2.24, 2.45) is 29.1 Å². The van der Waals surface area contributed by atoms with E-state index in [4.69, 9.17) is 0 Å². The van der Waals surface area contributed by atoms with Crippen molar-refractivity contribution in [1.29, 1.82) is 0 Å². The van der Waals surface area contributed by atoms with Gasteiger partial charge in [0.05, 0.1) is 6.10 Å². The van der Waals surface area contributed by atoms with Gasteiger partial charge < -0.3 is 5.11 Å². The zero-order valence-electron chi connectivity index (χ0n) is 13.5. The molecule has 4 aliphatic carbocycles. The molecule has 0 aromatic rings. The number of allylic oxidation sites excluding steroid dienone is 2. The van der Waals surface area contributed by atoms with Gasteiger partial charge in [-0.15, -0.1) is 6.58 Å². The van der Waals surface area contributed by atoms with E-state index in [0.717, 1.165) is 36.5 Å². The van der Waals surface area contributed by atoms with E-state index in [2.05, 4.69) is 19.6 Å². The molecule has 21 heavy (non-hydrogen) atoms. The second-order valence-corrected chi connectivity index (χ2v) is 8.40. The topological polar surface area (TPSA) is 20.2 Å². The van der Waals surface area contributed by atoms with Crippen LogP contribution in [0.15, 0.2) is 23.8 Å². The lowest BCUT2D eigenvalue weighted by atomic mass is 9.53. The summed E-state index contributed by atoms with van der Waals surface area (Å²) < 4.78 is 0. The van der Waals surface area contributed by atoms with E-state index in [1.807, 2.05) is 0 Å². The van der Waals surface area contributed by atoms with Crippen LogP contribution in [0.1, 0.15) is 64.7 Å². The van der Waals surface area contributed by atoms with Crippen LogP contribution in [0, 0.1) is 29.1 Å². The average Bonchev–Trinajstić information content (AvgIpc) is 2.83. The van der Waals surface area contributed by atoms with Crippen molar-refractivity contribution < 1.29 is 5.11 Å². The highest BCUT2D eigenvalue weighted by molar-refractivity contribution is 5.27. The number of aliphatic hydroxyl groups excluding tert-OH is 1. The van der Waals surface area contributed by atoms with E-state index in [-0.39, 0.29) is 6.10 Å². The standard InChI is InChI=1S/C20H30O/c1-3-14-5-9-19-18-7-4-13-12-15(21)6-8-16(13)17(18)10-11-20(14,19)2/h3,14-15,17-19,21H,1,4-12H2,2H3/t14-,15?,17?,18?,19?,20+/m0/s1. The summed E-state index contributed by atoms with van der Waals surface area (Å²) in [7, 11) is 0. The van der Waals surface area contributed by atoms with Gasteiger partial charge in [0.1, 0.15) is 0 Å². The Morgan fingerprint density at radius 3 is 2.81 bits per heavy atom. The molecule has 0 bridgehead atoms. The van der Waals surface area contributed by atoms with E-state index in [1.54, 1.807) is 11.1 Å². The highest BCUT2D eigenvalue weighted by Crippen LogP contribution is 2.63. The largest absolute Gasteiger partial charge is 0.393 e. The highest BCUT2D eigenvalue weighted by atomic mass is 16.3. The summed E-state index contributed by atoms with van der Waals surface area (Å²) in [6.45, 7) is 6.68. The Labute approximate surface area is 129 Å². The summed E-state index contributed by atoms with van der Waals surface area (Å²) >= 11 is 0. The molecule has 0 spiro atoms. The van der Waals surface area contributed by atoms with Gasteiger partial charge in [0.15, 0.2) is 0 Å². The smallest absolute Gasteiger partial charge is 0.0580 e. The van der Waals surface area contributed by atoms with E-state index in [1.165, 1.54) is 44.9 Å². The third-order valence-corrected chi connectivity index (χ3v) is 7.71. The Balaban J connectivity index is 1.63. The van der Waals surface area contributed by atoms with Gasteiger partial charge in [-0.2, -0.15) is 0 Å². The molecule has 4 unspecified atom stereocenters. The molecular weight excluding hydrogens is 256 g/mol. The molecule has 6 atom stereocenters. The molecule has 0 aromatic carbocycles. The van der Waals surface area contributed by atoms with E-state index in [0.29, 0.717) is 5.41 Å². The Kier molecular flexibility index (Phi) is 3.33. The molecule has 0 aliphatic heterocycles. The van der Waals surface area contributed by atoms with Crippen LogP contribution in [0.5, 0.6) is 0 Å². The Hall–Kier alpha value is -0.560. The van der Waals surface area contributed by atoms with Crippen LogP contribution in [0.2, 0.25) is 0 Å². The van der Waals surface area contributed by atoms with Gasteiger partial charge in [0, 0.05) is 0 Å². The number of fused-ring (bicyclic) bond motifs is 4. The second kappa shape index (κ2) is 4.98. The predicted octanol–water partition coefficient (Wildman–Crippen LogP) is 4.87. The minimum Gasteiger partial charge on any atom is -0.393 e. The molecule has 0 amide bonds. The first-order valence-electron chi connectivity index (χ1n) is 9.15. The lowest BCUT2D eigenvalue weighted by molar-refractivity contribution is 0.0212. The first-order chi connectivity index (χ1) is 10.1. The maximum atomic E-state index is 9.96. The minimum absolute atomic E-state index is 0.0502. The van der Waals surface area contributed by atoms with Gasteiger partial charge >= 0.3 is 0 Å². The summed E-state index contributed by atoms with van der Waals surface area (Å²) in [4.78, 5) is 0. The molecule has 0 aromatic heterocycles. The molecule has 1 heteroatoms. The molecule has 0 radical (unpaired) electrons. The first kappa shape index (κ1) is 14.1. The van der Waals surface area contributed by atoms with Crippen molar-refractivity contribution in [2.75, 3.05) is 0 Å². The summed E-state index contributed by atoms with van der Waals surface area (Å²) in [6, 6.07) is 0. The molecule has 2 saturated carbocycles. The lowest BCUT2D eigenvalue weighted by Gasteiger charge is -2.52. The van der Waals surface area contributed by atoms with Crippen molar-refractivity contribution >= 4 is 0 Å². The van der Waals surface area contributed by atoms with Gasteiger partial charge in [0.2, 0.25) is 0 Å². The van der Waals surface area contributed by atoms with Crippen LogP contribution in [-0.2, 0) is 0 Å². The molecule has 116 valence electrons. The molecule has 4 aliphatic rings. The molecule has 4 rings (SSSR count). The van der Waals surface area contributed by atoms with Crippen LogP contribution in [0.3, 0.4) is 0 Å². The van der Waals surface area contributed by atoms with Gasteiger partial charge in [0.25, 0.3) is 0 Å². The SMILES string of the molecule is C=C[C@H]1CCC2C3CCC4=C(CCC(O)C4)C3CC[C@@]21C. The summed E-state index contributed by atoms with van der Waals surface area (Å²) in [5.41, 5.74) is 3.98. The molecule has 1 N–H and O–H groups in total. The Morgan fingerprint density at radius 1 is 1.14 bits per heavy atom. The zero-order valence-corrected chi connectivity index (χ0v) is 13.5. The van der Waals surface area contributed by atoms with Crippen LogP contribution in [-0.4, -0.2) is 11.2 Å². The summed E-state index contributed by atoms with van der Waals surface area (Å²) in [5, 5.41) is 9.96. The monoisotopic (exact) mass is 286 g/mol. The van der Waals surface area contributed by atoms with Crippen molar-refractivity contribution in [2.45, 2.75) is 70.8 Å². The number of hydrogen-bond acceptors (Lipinski definition) is 1. The van der Waals surface area contributed by atoms with Crippen molar-refractivity contribution in [1.82, 2.24) is 0 Å². The second-order valence-electron chi connectivity index (χ2n) is 8.40. The van der Waals surface area contributed by atoms with Gasteiger partial charge in [-0.05, 0) is 86.9 Å². The molecular formula is C20H30O. The third kappa shape index (κ3) is 2.00. The van der Waals surface area contributed by atoms with Crippen LogP contribution < -0.4 is 0 Å². The average molecular weight is 286 g/mol. The molecule has 0 saturated heterocycles. The maximum Gasteiger partial charge on any atom is 0.0580 e. The molecule has 2 fully saturated rings. The van der Waals surface area contributed by atoms with E-state index in [9.17, 15) is 5.11 Å². The van der Waals surface area contributed by atoms with Crippen LogP contribution in [0.25, 0.3) is 0 Å². The van der Waals surface area contributed by atoms with Crippen molar-refractivity contribution in [3.8, 4) is 0 Å². The van der Waals surface area contributed by atoms with Crippen LogP contribution >= 0.6 is 0 Å². The summed E-state index contributed by atoms with van der Waals surface area (Å²) in [5.74, 6) is 3.48. The molecule has 1 nitrogen and oxygen atoms in total. The Bertz CT molecular complexity index is 476. The van der Waals surface area contributed by atoms with E-state index >= 15 is 0 Å². The fourth-order valence-electron chi connectivity index (χ4n) is 6.62. The number of aliphatic hydroxyl groups is 1. The number of hydrogen-bond donors (Lipinski definition) is 1. The minimum atomic E-state index is -0.0502. The fourth-order valence-corrected chi connectivity index (χ4v) is 6.62. The first-order valence-corrected chi connectivity index (χ1v) is 9.15. The lowest BCUT2D eigenvalue weighted by Crippen LogP contribution is -2.43. The van der Waals surface area contributed by atoms with Crippen molar-refractivity contribution in [3.05, 3.63) is 23.8 Å². The maximum absolute atomic E-state index is 9.96. The summed E-state index contributed by atoms with van der Waals surface area (Å²) in [6.07, 6.45) is 13.7. The molecule has 0 heterocycles. The van der Waals surface area contributed by atoms with Crippen molar-refractivity contribution in [3.63, 3.8) is 0 Å². The normalized spacial score (nSPS) is 49.3. The predicted molar refractivity (Wildman–Crippen MR) is 86.8 cm³/mol. The van der Waals surface area contributed by atoms with E-state index < -0.39 is 0 Å². The Morgan fingerprint density at radius 2 is 2.00 bits per heavy atom. The number of rotatable bonds is 1. The zero-order chi connectivity index (χ0) is 14.6. The van der Waals surface area contributed by atoms with Gasteiger partial charge in [-0.3, -0.25) is 0 Å². The van der Waals surface area contributed by atoms with Gasteiger partial charge in [-0.25, -0.2) is 0 Å².